The van der Waals surface area contributed by atoms with E-state index in [-0.39, 0.29) is 41.1 Å². The van der Waals surface area contributed by atoms with Gasteiger partial charge in [0.25, 0.3) is 0 Å². The number of hydrogen-bond donors (Lipinski definition) is 1. The Bertz CT molecular complexity index is 1040. The molecule has 1 aromatic rings. The van der Waals surface area contributed by atoms with E-state index >= 15 is 0 Å². The van der Waals surface area contributed by atoms with Gasteiger partial charge in [-0.15, -0.1) is 0 Å². The molecule has 1 aromatic carbocycles. The lowest BCUT2D eigenvalue weighted by molar-refractivity contribution is -0.139. The van der Waals surface area contributed by atoms with E-state index < -0.39 is 11.7 Å². The standard InChI is InChI=1S/C28H35F3N2O2/c1-26-14-12-21-19(8-11-23-27(21,2)15-13-25(35)33(23)3)20(26)9-10-22(26)32-24(34)16-17-4-6-18(7-5-17)28(29,30)31/h4-7,13,15,19-23H,8-12,14,16H2,1-3H3,(H,32,34)/t19-,20-,21-,22-,23+,26-,27+/m0/s1. The summed E-state index contributed by atoms with van der Waals surface area (Å²) in [6.45, 7) is 4.65. The lowest BCUT2D eigenvalue weighted by Crippen LogP contribution is -2.60. The van der Waals surface area contributed by atoms with E-state index in [9.17, 15) is 22.8 Å². The van der Waals surface area contributed by atoms with Crippen molar-refractivity contribution in [2.24, 2.45) is 28.6 Å². The van der Waals surface area contributed by atoms with Gasteiger partial charge in [-0.05, 0) is 85.5 Å². The van der Waals surface area contributed by atoms with Gasteiger partial charge < -0.3 is 10.2 Å². The van der Waals surface area contributed by atoms with Crippen LogP contribution in [0.1, 0.15) is 63.5 Å². The molecular weight excluding hydrogens is 453 g/mol. The third kappa shape index (κ3) is 3.99. The van der Waals surface area contributed by atoms with Gasteiger partial charge in [0.15, 0.2) is 0 Å². The Balaban J connectivity index is 1.27. The number of carbonyl (C=O) groups excluding carboxylic acids is 2. The van der Waals surface area contributed by atoms with Crippen molar-refractivity contribution in [3.63, 3.8) is 0 Å². The van der Waals surface area contributed by atoms with Crippen molar-refractivity contribution >= 4 is 11.8 Å². The first kappa shape index (κ1) is 24.4. The number of rotatable bonds is 3. The molecule has 4 aliphatic rings. The topological polar surface area (TPSA) is 49.4 Å². The first-order valence-electron chi connectivity index (χ1n) is 12.8. The van der Waals surface area contributed by atoms with Crippen LogP contribution in [0.3, 0.4) is 0 Å². The molecule has 1 heterocycles. The van der Waals surface area contributed by atoms with Crippen LogP contribution in [0.15, 0.2) is 36.4 Å². The first-order valence-corrected chi connectivity index (χ1v) is 12.8. The number of carbonyl (C=O) groups is 2. The van der Waals surface area contributed by atoms with Crippen LogP contribution in [0.2, 0.25) is 0 Å². The molecule has 3 aliphatic carbocycles. The van der Waals surface area contributed by atoms with Crippen molar-refractivity contribution in [3.05, 3.63) is 47.5 Å². The summed E-state index contributed by atoms with van der Waals surface area (Å²) in [4.78, 5) is 27.1. The molecule has 0 radical (unpaired) electrons. The highest BCUT2D eigenvalue weighted by Gasteiger charge is 2.60. The summed E-state index contributed by atoms with van der Waals surface area (Å²) in [5, 5.41) is 3.26. The van der Waals surface area contributed by atoms with Crippen LogP contribution in [0.25, 0.3) is 0 Å². The molecule has 1 aliphatic heterocycles. The molecule has 1 N–H and O–H groups in total. The largest absolute Gasteiger partial charge is 0.416 e. The second kappa shape index (κ2) is 8.38. The van der Waals surface area contributed by atoms with Crippen LogP contribution in [0.4, 0.5) is 13.2 Å². The van der Waals surface area contributed by atoms with Gasteiger partial charge in [0.1, 0.15) is 0 Å². The van der Waals surface area contributed by atoms with Gasteiger partial charge in [-0.3, -0.25) is 9.59 Å². The Labute approximate surface area is 205 Å². The molecule has 5 rings (SSSR count). The maximum absolute atomic E-state index is 12.9. The van der Waals surface area contributed by atoms with E-state index in [0.717, 1.165) is 50.7 Å². The predicted octanol–water partition coefficient (Wildman–Crippen LogP) is 5.37. The lowest BCUT2D eigenvalue weighted by atomic mass is 9.48. The van der Waals surface area contributed by atoms with Crippen molar-refractivity contribution < 1.29 is 22.8 Å². The van der Waals surface area contributed by atoms with Gasteiger partial charge in [0, 0.05) is 24.5 Å². The molecule has 3 saturated carbocycles. The molecule has 7 atom stereocenters. The molecule has 3 fully saturated rings. The number of nitrogens with zero attached hydrogens (tertiary/aromatic N) is 1. The number of likely N-dealkylation sites (N-methyl/N-ethyl adjacent to an activating group) is 1. The molecule has 0 unspecified atom stereocenters. The van der Waals surface area contributed by atoms with Crippen LogP contribution in [-0.2, 0) is 22.2 Å². The van der Waals surface area contributed by atoms with Crippen molar-refractivity contribution in [1.29, 1.82) is 0 Å². The summed E-state index contributed by atoms with van der Waals surface area (Å²) >= 11 is 0. The Kier molecular flexibility index (Phi) is 5.84. The first-order chi connectivity index (χ1) is 16.4. The predicted molar refractivity (Wildman–Crippen MR) is 127 cm³/mol. The van der Waals surface area contributed by atoms with Crippen molar-refractivity contribution in [2.45, 2.75) is 77.1 Å². The molecule has 4 nitrogen and oxygen atoms in total. The molecule has 190 valence electrons. The zero-order valence-corrected chi connectivity index (χ0v) is 20.7. The fraction of sp³-hybridized carbons (Fsp3) is 0.643. The minimum absolute atomic E-state index is 0.00316. The van der Waals surface area contributed by atoms with E-state index in [1.807, 2.05) is 11.9 Å². The maximum atomic E-state index is 12.9. The van der Waals surface area contributed by atoms with E-state index in [2.05, 4.69) is 25.2 Å². The highest BCUT2D eigenvalue weighted by Crippen LogP contribution is 2.63. The Morgan fingerprint density at radius 3 is 2.46 bits per heavy atom. The smallest absolute Gasteiger partial charge is 0.353 e. The number of amides is 2. The van der Waals surface area contributed by atoms with E-state index in [1.165, 1.54) is 12.1 Å². The van der Waals surface area contributed by atoms with Crippen molar-refractivity contribution in [3.8, 4) is 0 Å². The second-order valence-corrected chi connectivity index (χ2v) is 11.7. The lowest BCUT2D eigenvalue weighted by Gasteiger charge is -2.60. The van der Waals surface area contributed by atoms with Gasteiger partial charge in [-0.25, -0.2) is 0 Å². The van der Waals surface area contributed by atoms with Gasteiger partial charge >= 0.3 is 6.18 Å². The Morgan fingerprint density at radius 2 is 1.77 bits per heavy atom. The summed E-state index contributed by atoms with van der Waals surface area (Å²) in [6.07, 6.45) is 5.93. The highest BCUT2D eigenvalue weighted by atomic mass is 19.4. The van der Waals surface area contributed by atoms with E-state index in [4.69, 9.17) is 0 Å². The van der Waals surface area contributed by atoms with E-state index in [1.54, 1.807) is 6.08 Å². The van der Waals surface area contributed by atoms with Gasteiger partial charge in [0.05, 0.1) is 12.0 Å². The van der Waals surface area contributed by atoms with Crippen LogP contribution in [0, 0.1) is 28.6 Å². The zero-order chi connectivity index (χ0) is 25.2. The monoisotopic (exact) mass is 488 g/mol. The summed E-state index contributed by atoms with van der Waals surface area (Å²) in [5.41, 5.74) is -0.0823. The van der Waals surface area contributed by atoms with Gasteiger partial charge in [-0.1, -0.05) is 32.1 Å². The minimum atomic E-state index is -4.37. The van der Waals surface area contributed by atoms with Crippen LogP contribution >= 0.6 is 0 Å². The third-order valence-electron chi connectivity index (χ3n) is 10.1. The number of nitrogens with one attached hydrogen (secondary N) is 1. The summed E-state index contributed by atoms with van der Waals surface area (Å²) in [7, 11) is 1.93. The number of fused-ring (bicyclic) bond motifs is 5. The average molecular weight is 489 g/mol. The summed E-state index contributed by atoms with van der Waals surface area (Å²) in [6, 6.07) is 5.21. The van der Waals surface area contributed by atoms with Gasteiger partial charge in [0.2, 0.25) is 11.8 Å². The second-order valence-electron chi connectivity index (χ2n) is 11.7. The minimum Gasteiger partial charge on any atom is -0.353 e. The number of hydrogen-bond acceptors (Lipinski definition) is 2. The Hall–Kier alpha value is -2.31. The maximum Gasteiger partial charge on any atom is 0.416 e. The number of halogens is 3. The molecule has 0 bridgehead atoms. The fourth-order valence-electron chi connectivity index (χ4n) is 8.22. The molecule has 0 saturated heterocycles. The van der Waals surface area contributed by atoms with Crippen LogP contribution < -0.4 is 5.32 Å². The quantitative estimate of drug-likeness (QED) is 0.622. The molecule has 0 aromatic heterocycles. The molecular formula is C28H35F3N2O2. The fourth-order valence-corrected chi connectivity index (χ4v) is 8.22. The van der Waals surface area contributed by atoms with Crippen LogP contribution in [0.5, 0.6) is 0 Å². The number of benzene rings is 1. The number of alkyl halides is 3. The van der Waals surface area contributed by atoms with Crippen molar-refractivity contribution in [1.82, 2.24) is 10.2 Å². The Morgan fingerprint density at radius 1 is 1.06 bits per heavy atom. The summed E-state index contributed by atoms with van der Waals surface area (Å²) < 4.78 is 38.5. The zero-order valence-electron chi connectivity index (χ0n) is 20.7. The van der Waals surface area contributed by atoms with E-state index in [0.29, 0.717) is 23.3 Å². The molecule has 7 heteroatoms. The molecule has 0 spiro atoms. The van der Waals surface area contributed by atoms with Crippen LogP contribution in [-0.4, -0.2) is 35.8 Å². The normalized spacial score (nSPS) is 38.5. The van der Waals surface area contributed by atoms with Crippen molar-refractivity contribution in [2.75, 3.05) is 7.05 Å². The average Bonchev–Trinajstić information content (AvgIpc) is 3.12. The SMILES string of the molecule is CN1C(=O)C=C[C@]2(C)[C@H]3CC[C@]4(C)[C@@H](NC(=O)Cc5ccc(C(F)(F)F)cc5)CC[C@H]4[C@@H]3CC[C@@H]12. The molecule has 2 amide bonds. The molecule has 35 heavy (non-hydrogen) atoms. The highest BCUT2D eigenvalue weighted by molar-refractivity contribution is 5.89. The van der Waals surface area contributed by atoms with Gasteiger partial charge in [-0.2, -0.15) is 13.2 Å². The summed E-state index contributed by atoms with van der Waals surface area (Å²) in [5.74, 6) is 1.63. The third-order valence-corrected chi connectivity index (χ3v) is 10.1.